The molecule has 4 rings (SSSR count). The molecule has 0 unspecified atom stereocenters. The number of guanidine groups is 1. The summed E-state index contributed by atoms with van der Waals surface area (Å²) in [5.41, 5.74) is 7.04. The Morgan fingerprint density at radius 3 is 2.29 bits per heavy atom. The van der Waals surface area contributed by atoms with Crippen molar-refractivity contribution in [3.05, 3.63) is 63.6 Å². The van der Waals surface area contributed by atoms with Crippen LogP contribution in [0.2, 0.25) is 10.0 Å². The topological polar surface area (TPSA) is 109 Å². The summed E-state index contributed by atoms with van der Waals surface area (Å²) in [5, 5.41) is 8.17. The summed E-state index contributed by atoms with van der Waals surface area (Å²) >= 11 is 12.3. The summed E-state index contributed by atoms with van der Waals surface area (Å²) in [7, 11) is 0. The molecule has 0 saturated carbocycles. The minimum atomic E-state index is -0.300. The Hall–Kier alpha value is -2.65. The molecule has 164 valence electrons. The third-order valence-corrected chi connectivity index (χ3v) is 5.12. The number of unbranched alkanes of at least 4 members (excludes halogenated alkanes) is 1. The number of para-hydroxylation sites is 1. The van der Waals surface area contributed by atoms with E-state index < -0.39 is 0 Å². The molecule has 0 aliphatic carbocycles. The van der Waals surface area contributed by atoms with Gasteiger partial charge < -0.3 is 11.1 Å². The lowest BCUT2D eigenvalue weighted by Crippen LogP contribution is -2.33. The molecule has 0 radical (unpaired) electrons. The third-order valence-electron chi connectivity index (χ3n) is 4.49. The molecule has 0 atom stereocenters. The first kappa shape index (κ1) is 23.0. The predicted octanol–water partition coefficient (Wildman–Crippen LogP) is 3.32. The normalized spacial score (nSPS) is 14.5. The summed E-state index contributed by atoms with van der Waals surface area (Å²) in [6.45, 7) is 2.69. The first-order valence-corrected chi connectivity index (χ1v) is 10.6. The molecule has 0 fully saturated rings. The van der Waals surface area contributed by atoms with Crippen LogP contribution in [-0.2, 0) is 4.84 Å². The van der Waals surface area contributed by atoms with Crippen molar-refractivity contribution in [1.82, 2.24) is 10.4 Å². The second-order valence-corrected chi connectivity index (χ2v) is 7.50. The maximum atomic E-state index is 10.9. The van der Waals surface area contributed by atoms with E-state index in [0.717, 1.165) is 12.8 Å². The molecule has 0 saturated heterocycles. The minimum absolute atomic E-state index is 0.300. The first-order chi connectivity index (χ1) is 15.0. The number of amides is 2. The number of carbonyl (C=O) groups excluding carboxylic acids is 2. The molecule has 31 heavy (non-hydrogen) atoms. The summed E-state index contributed by atoms with van der Waals surface area (Å²) in [6, 6.07) is 12.1. The Labute approximate surface area is 190 Å². The van der Waals surface area contributed by atoms with Gasteiger partial charge in [0.05, 0.1) is 46.6 Å². The fourth-order valence-corrected chi connectivity index (χ4v) is 3.42. The van der Waals surface area contributed by atoms with Gasteiger partial charge in [0.1, 0.15) is 0 Å². The number of fused-ring (bicyclic) bond motifs is 1. The molecule has 0 bridgehead atoms. The molecule has 2 aliphatic heterocycles. The number of benzene rings is 2. The molecule has 2 aromatic rings. The van der Waals surface area contributed by atoms with Crippen molar-refractivity contribution in [3.8, 4) is 0 Å². The Kier molecular flexibility index (Phi) is 8.25. The monoisotopic (exact) mass is 463 g/mol. The lowest BCUT2D eigenvalue weighted by molar-refractivity contribution is -0.0921. The molecular formula is C21H23Cl2N5O3. The quantitative estimate of drug-likeness (QED) is 0.447. The van der Waals surface area contributed by atoms with Crippen LogP contribution in [0.4, 0.5) is 5.69 Å². The average molecular weight is 464 g/mol. The molecule has 10 heteroatoms. The number of nitrogens with two attached hydrogens (primary N) is 1. The van der Waals surface area contributed by atoms with Crippen LogP contribution in [0.3, 0.4) is 0 Å². The van der Waals surface area contributed by atoms with Crippen molar-refractivity contribution >= 4 is 46.7 Å². The van der Waals surface area contributed by atoms with Gasteiger partial charge >= 0.3 is 0 Å². The van der Waals surface area contributed by atoms with Crippen LogP contribution < -0.4 is 16.4 Å². The van der Waals surface area contributed by atoms with E-state index in [4.69, 9.17) is 33.8 Å². The van der Waals surface area contributed by atoms with Gasteiger partial charge in [-0.05, 0) is 43.7 Å². The van der Waals surface area contributed by atoms with Gasteiger partial charge in [0, 0.05) is 0 Å². The predicted molar refractivity (Wildman–Crippen MR) is 122 cm³/mol. The largest absolute Gasteiger partial charge is 0.330 e. The van der Waals surface area contributed by atoms with Crippen LogP contribution in [0, 0.1) is 0 Å². The van der Waals surface area contributed by atoms with E-state index in [0.29, 0.717) is 59.1 Å². The number of carbonyl (C=O) groups is 2. The van der Waals surface area contributed by atoms with Crippen molar-refractivity contribution in [2.75, 3.05) is 31.6 Å². The Bertz CT molecular complexity index is 930. The highest BCUT2D eigenvalue weighted by molar-refractivity contribution is 6.39. The number of nitrogens with one attached hydrogen (secondary N) is 2. The number of imide groups is 1. The van der Waals surface area contributed by atoms with Gasteiger partial charge in [0.15, 0.2) is 0 Å². The SMILES string of the molecule is NCCCCON1CCN=C1Nc1c(Cl)cccc1Cl.O=C1NC(=O)c2ccccc21. The fourth-order valence-electron chi connectivity index (χ4n) is 2.93. The maximum absolute atomic E-state index is 10.9. The van der Waals surface area contributed by atoms with Gasteiger partial charge in [-0.2, -0.15) is 0 Å². The van der Waals surface area contributed by atoms with E-state index in [1.54, 1.807) is 47.5 Å². The number of anilines is 1. The summed E-state index contributed by atoms with van der Waals surface area (Å²) in [5.74, 6) is 0.0314. The first-order valence-electron chi connectivity index (χ1n) is 9.82. The summed E-state index contributed by atoms with van der Waals surface area (Å²) in [4.78, 5) is 31.9. The van der Waals surface area contributed by atoms with Gasteiger partial charge in [-0.1, -0.05) is 41.4 Å². The molecule has 4 N–H and O–H groups in total. The summed E-state index contributed by atoms with van der Waals surface area (Å²) < 4.78 is 0. The summed E-state index contributed by atoms with van der Waals surface area (Å²) in [6.07, 6.45) is 1.87. The fraction of sp³-hybridized carbons (Fsp3) is 0.286. The Morgan fingerprint density at radius 1 is 1.03 bits per heavy atom. The molecule has 2 amide bonds. The van der Waals surface area contributed by atoms with Gasteiger partial charge in [-0.25, -0.2) is 10.1 Å². The highest BCUT2D eigenvalue weighted by atomic mass is 35.5. The van der Waals surface area contributed by atoms with Gasteiger partial charge in [0.25, 0.3) is 11.8 Å². The zero-order valence-electron chi connectivity index (χ0n) is 16.7. The van der Waals surface area contributed by atoms with Crippen molar-refractivity contribution < 1.29 is 14.4 Å². The van der Waals surface area contributed by atoms with Crippen LogP contribution >= 0.6 is 23.2 Å². The van der Waals surface area contributed by atoms with Crippen molar-refractivity contribution in [2.24, 2.45) is 10.7 Å². The lowest BCUT2D eigenvalue weighted by Gasteiger charge is -2.21. The van der Waals surface area contributed by atoms with Crippen molar-refractivity contribution in [3.63, 3.8) is 0 Å². The zero-order valence-corrected chi connectivity index (χ0v) is 18.2. The lowest BCUT2D eigenvalue weighted by atomic mass is 10.1. The van der Waals surface area contributed by atoms with Crippen molar-refractivity contribution in [2.45, 2.75) is 12.8 Å². The van der Waals surface area contributed by atoms with Crippen LogP contribution in [0.25, 0.3) is 0 Å². The Morgan fingerprint density at radius 2 is 1.68 bits per heavy atom. The number of rotatable bonds is 6. The molecule has 8 nitrogen and oxygen atoms in total. The third kappa shape index (κ3) is 5.95. The highest BCUT2D eigenvalue weighted by Gasteiger charge is 2.25. The van der Waals surface area contributed by atoms with Crippen LogP contribution in [-0.4, -0.2) is 49.1 Å². The number of hydroxylamine groups is 2. The van der Waals surface area contributed by atoms with E-state index in [-0.39, 0.29) is 11.8 Å². The number of aliphatic imine (C=N–C) groups is 1. The van der Waals surface area contributed by atoms with Crippen LogP contribution in [0.1, 0.15) is 33.6 Å². The van der Waals surface area contributed by atoms with Crippen molar-refractivity contribution in [1.29, 1.82) is 0 Å². The second kappa shape index (κ2) is 11.1. The zero-order chi connectivity index (χ0) is 22.2. The molecule has 0 aromatic heterocycles. The van der Waals surface area contributed by atoms with E-state index in [1.807, 2.05) is 0 Å². The molecule has 2 aromatic carbocycles. The standard InChI is InChI=1S/C13H18Cl2N4O.C8H5NO2/c14-10-4-3-5-11(15)12(10)18-13-17-7-8-19(13)20-9-2-1-6-16;10-7-5-3-1-2-4-6(5)8(11)9-7/h3-5H,1-2,6-9,16H2,(H,17,18);1-4H,(H,9,10,11). The minimum Gasteiger partial charge on any atom is -0.330 e. The van der Waals surface area contributed by atoms with E-state index >= 15 is 0 Å². The Balaban J connectivity index is 0.000000207. The average Bonchev–Trinajstić information content (AvgIpc) is 3.33. The van der Waals surface area contributed by atoms with Crippen LogP contribution in [0.15, 0.2) is 47.5 Å². The van der Waals surface area contributed by atoms with Crippen LogP contribution in [0.5, 0.6) is 0 Å². The highest BCUT2D eigenvalue weighted by Crippen LogP contribution is 2.30. The number of hydrogen-bond acceptors (Lipinski definition) is 7. The van der Waals surface area contributed by atoms with E-state index in [2.05, 4.69) is 15.6 Å². The molecular weight excluding hydrogens is 441 g/mol. The number of nitrogens with zero attached hydrogens (tertiary/aromatic N) is 2. The van der Waals surface area contributed by atoms with E-state index in [1.165, 1.54) is 0 Å². The number of halogens is 2. The van der Waals surface area contributed by atoms with Gasteiger partial charge in [-0.3, -0.25) is 19.7 Å². The maximum Gasteiger partial charge on any atom is 0.258 e. The second-order valence-electron chi connectivity index (χ2n) is 6.69. The molecule has 2 heterocycles. The molecule has 0 spiro atoms. The number of hydrogen-bond donors (Lipinski definition) is 3. The van der Waals surface area contributed by atoms with Gasteiger partial charge in [0.2, 0.25) is 5.96 Å². The molecule has 2 aliphatic rings. The van der Waals surface area contributed by atoms with E-state index in [9.17, 15) is 9.59 Å². The van der Waals surface area contributed by atoms with Gasteiger partial charge in [-0.15, -0.1) is 0 Å². The smallest absolute Gasteiger partial charge is 0.258 e.